The number of piperazine rings is 1. The van der Waals surface area contributed by atoms with Gasteiger partial charge < -0.3 is 10.6 Å². The molecule has 0 spiro atoms. The molecule has 2 N–H and O–H groups in total. The summed E-state index contributed by atoms with van der Waals surface area (Å²) in [4.78, 5) is 15.7. The van der Waals surface area contributed by atoms with Crippen LogP contribution in [0.25, 0.3) is 0 Å². The van der Waals surface area contributed by atoms with Gasteiger partial charge in [0, 0.05) is 32.7 Å². The standard InChI is InChI=1S/C10H21N3O/c1-9(2)7-13-6-5-12(4-3-11)8-10(13)14/h9H,3-8,11H2,1-2H3. The molecule has 4 nitrogen and oxygen atoms in total. The first-order valence-electron chi connectivity index (χ1n) is 5.33. The van der Waals surface area contributed by atoms with Crippen LogP contribution in [0, 0.1) is 5.92 Å². The number of carbonyl (C=O) groups is 1. The van der Waals surface area contributed by atoms with Gasteiger partial charge in [-0.05, 0) is 5.92 Å². The zero-order valence-electron chi connectivity index (χ0n) is 9.20. The van der Waals surface area contributed by atoms with E-state index in [2.05, 4.69) is 18.7 Å². The predicted molar refractivity (Wildman–Crippen MR) is 56.9 cm³/mol. The van der Waals surface area contributed by atoms with Crippen molar-refractivity contribution >= 4 is 5.91 Å². The summed E-state index contributed by atoms with van der Waals surface area (Å²) in [6.45, 7) is 9.00. The lowest BCUT2D eigenvalue weighted by Crippen LogP contribution is -2.52. The van der Waals surface area contributed by atoms with E-state index in [1.54, 1.807) is 0 Å². The molecule has 0 atom stereocenters. The van der Waals surface area contributed by atoms with Crippen molar-refractivity contribution in [3.63, 3.8) is 0 Å². The minimum Gasteiger partial charge on any atom is -0.340 e. The molecule has 1 fully saturated rings. The Labute approximate surface area is 86.0 Å². The summed E-state index contributed by atoms with van der Waals surface area (Å²) in [5.74, 6) is 0.804. The molecule has 0 aromatic carbocycles. The summed E-state index contributed by atoms with van der Waals surface area (Å²) in [5, 5.41) is 0. The van der Waals surface area contributed by atoms with E-state index < -0.39 is 0 Å². The quantitative estimate of drug-likeness (QED) is 0.679. The third-order valence-corrected chi connectivity index (χ3v) is 2.43. The fourth-order valence-corrected chi connectivity index (χ4v) is 1.76. The number of hydrogen-bond donors (Lipinski definition) is 1. The van der Waals surface area contributed by atoms with Gasteiger partial charge in [0.05, 0.1) is 6.54 Å². The predicted octanol–water partition coefficient (Wildman–Crippen LogP) is -0.255. The third-order valence-electron chi connectivity index (χ3n) is 2.43. The zero-order chi connectivity index (χ0) is 10.6. The molecule has 82 valence electrons. The molecule has 4 heteroatoms. The first-order valence-corrected chi connectivity index (χ1v) is 5.33. The summed E-state index contributed by atoms with van der Waals surface area (Å²) in [6.07, 6.45) is 0. The smallest absolute Gasteiger partial charge is 0.236 e. The SMILES string of the molecule is CC(C)CN1CCN(CCN)CC1=O. The van der Waals surface area contributed by atoms with E-state index in [4.69, 9.17) is 5.73 Å². The van der Waals surface area contributed by atoms with Crippen molar-refractivity contribution in [2.45, 2.75) is 13.8 Å². The van der Waals surface area contributed by atoms with Gasteiger partial charge in [-0.3, -0.25) is 9.69 Å². The maximum atomic E-state index is 11.7. The van der Waals surface area contributed by atoms with Crippen molar-refractivity contribution in [3.05, 3.63) is 0 Å². The summed E-state index contributed by atoms with van der Waals surface area (Å²) < 4.78 is 0. The Morgan fingerprint density at radius 3 is 2.64 bits per heavy atom. The van der Waals surface area contributed by atoms with Gasteiger partial charge in [-0.2, -0.15) is 0 Å². The van der Waals surface area contributed by atoms with Gasteiger partial charge in [0.2, 0.25) is 5.91 Å². The van der Waals surface area contributed by atoms with Crippen molar-refractivity contribution in [1.29, 1.82) is 0 Å². The number of carbonyl (C=O) groups excluding carboxylic acids is 1. The maximum absolute atomic E-state index is 11.7. The average molecular weight is 199 g/mol. The normalized spacial score (nSPS) is 19.4. The van der Waals surface area contributed by atoms with Gasteiger partial charge in [0.15, 0.2) is 0 Å². The third kappa shape index (κ3) is 3.27. The van der Waals surface area contributed by atoms with Crippen LogP contribution in [0.1, 0.15) is 13.8 Å². The summed E-state index contributed by atoms with van der Waals surface area (Å²) in [6, 6.07) is 0. The summed E-state index contributed by atoms with van der Waals surface area (Å²) in [7, 11) is 0. The lowest BCUT2D eigenvalue weighted by atomic mass is 10.2. The minimum absolute atomic E-state index is 0.249. The Morgan fingerprint density at radius 2 is 2.14 bits per heavy atom. The molecule has 1 aliphatic heterocycles. The lowest BCUT2D eigenvalue weighted by Gasteiger charge is -2.34. The molecule has 1 saturated heterocycles. The Balaban J connectivity index is 2.36. The van der Waals surface area contributed by atoms with E-state index in [9.17, 15) is 4.79 Å². The molecular formula is C10H21N3O. The van der Waals surface area contributed by atoms with Crippen molar-refractivity contribution in [2.75, 3.05) is 39.3 Å². The van der Waals surface area contributed by atoms with Crippen LogP contribution in [0.5, 0.6) is 0 Å². The summed E-state index contributed by atoms with van der Waals surface area (Å²) >= 11 is 0. The number of hydrogen-bond acceptors (Lipinski definition) is 3. The van der Waals surface area contributed by atoms with E-state index in [0.29, 0.717) is 19.0 Å². The molecule has 0 aromatic heterocycles. The van der Waals surface area contributed by atoms with Crippen LogP contribution in [-0.4, -0.2) is 55.0 Å². The van der Waals surface area contributed by atoms with Gasteiger partial charge in [-0.15, -0.1) is 0 Å². The molecule has 0 bridgehead atoms. The largest absolute Gasteiger partial charge is 0.340 e. The number of amides is 1. The fraction of sp³-hybridized carbons (Fsp3) is 0.900. The van der Waals surface area contributed by atoms with Gasteiger partial charge >= 0.3 is 0 Å². The van der Waals surface area contributed by atoms with Crippen LogP contribution in [0.15, 0.2) is 0 Å². The Kier molecular flexibility index (Phi) is 4.35. The number of rotatable bonds is 4. The van der Waals surface area contributed by atoms with Crippen LogP contribution in [-0.2, 0) is 4.79 Å². The Hall–Kier alpha value is -0.610. The van der Waals surface area contributed by atoms with Gasteiger partial charge in [0.25, 0.3) is 0 Å². The molecule has 0 aliphatic carbocycles. The Bertz CT molecular complexity index is 194. The zero-order valence-corrected chi connectivity index (χ0v) is 9.20. The molecule has 0 saturated carbocycles. The molecule has 1 amide bonds. The topological polar surface area (TPSA) is 49.6 Å². The molecule has 1 heterocycles. The highest BCUT2D eigenvalue weighted by molar-refractivity contribution is 5.79. The van der Waals surface area contributed by atoms with Gasteiger partial charge in [-0.25, -0.2) is 0 Å². The van der Waals surface area contributed by atoms with Crippen molar-refractivity contribution in [2.24, 2.45) is 11.7 Å². The second-order valence-corrected chi connectivity index (χ2v) is 4.30. The van der Waals surface area contributed by atoms with E-state index in [1.165, 1.54) is 0 Å². The fourth-order valence-electron chi connectivity index (χ4n) is 1.76. The van der Waals surface area contributed by atoms with Gasteiger partial charge in [0.1, 0.15) is 0 Å². The average Bonchev–Trinajstić information content (AvgIpc) is 2.10. The first kappa shape index (κ1) is 11.5. The van der Waals surface area contributed by atoms with Crippen LogP contribution in [0.2, 0.25) is 0 Å². The van der Waals surface area contributed by atoms with E-state index >= 15 is 0 Å². The summed E-state index contributed by atoms with van der Waals surface area (Å²) in [5.41, 5.74) is 5.45. The Morgan fingerprint density at radius 1 is 1.43 bits per heavy atom. The van der Waals surface area contributed by atoms with Crippen LogP contribution in [0.3, 0.4) is 0 Å². The van der Waals surface area contributed by atoms with Crippen molar-refractivity contribution < 1.29 is 4.79 Å². The second-order valence-electron chi connectivity index (χ2n) is 4.30. The molecular weight excluding hydrogens is 178 g/mol. The second kappa shape index (κ2) is 5.32. The molecule has 0 unspecified atom stereocenters. The number of nitrogens with two attached hydrogens (primary N) is 1. The molecule has 1 aliphatic rings. The van der Waals surface area contributed by atoms with Crippen molar-refractivity contribution in [1.82, 2.24) is 9.80 Å². The van der Waals surface area contributed by atoms with Crippen LogP contribution in [0.4, 0.5) is 0 Å². The van der Waals surface area contributed by atoms with Crippen LogP contribution < -0.4 is 5.73 Å². The minimum atomic E-state index is 0.249. The highest BCUT2D eigenvalue weighted by atomic mass is 16.2. The molecule has 0 aromatic rings. The highest BCUT2D eigenvalue weighted by Crippen LogP contribution is 2.05. The maximum Gasteiger partial charge on any atom is 0.236 e. The van der Waals surface area contributed by atoms with Gasteiger partial charge in [-0.1, -0.05) is 13.8 Å². The van der Waals surface area contributed by atoms with Crippen molar-refractivity contribution in [3.8, 4) is 0 Å². The molecule has 1 rings (SSSR count). The number of nitrogens with zero attached hydrogens (tertiary/aromatic N) is 2. The molecule has 14 heavy (non-hydrogen) atoms. The molecule has 0 radical (unpaired) electrons. The monoisotopic (exact) mass is 199 g/mol. The van der Waals surface area contributed by atoms with E-state index in [-0.39, 0.29) is 5.91 Å². The van der Waals surface area contributed by atoms with E-state index in [1.807, 2.05) is 4.90 Å². The lowest BCUT2D eigenvalue weighted by molar-refractivity contribution is -0.136. The van der Waals surface area contributed by atoms with Crippen LogP contribution >= 0.6 is 0 Å². The first-order chi connectivity index (χ1) is 6.63. The highest BCUT2D eigenvalue weighted by Gasteiger charge is 2.23. The van der Waals surface area contributed by atoms with E-state index in [0.717, 1.165) is 26.2 Å².